The number of anilines is 1. The number of hydrogen-bond donors (Lipinski definition) is 1. The van der Waals surface area contributed by atoms with Crippen molar-refractivity contribution in [3.05, 3.63) is 42.4 Å². The number of hydrogen-bond acceptors (Lipinski definition) is 5. The summed E-state index contributed by atoms with van der Waals surface area (Å²) in [6.45, 7) is 4.94. The van der Waals surface area contributed by atoms with Gasteiger partial charge in [0.15, 0.2) is 0 Å². The average Bonchev–Trinajstić information content (AvgIpc) is 2.96. The van der Waals surface area contributed by atoms with E-state index in [1.54, 1.807) is 19.4 Å². The molecule has 1 aromatic carbocycles. The maximum absolute atomic E-state index is 5.09. The summed E-state index contributed by atoms with van der Waals surface area (Å²) in [5, 5.41) is 3.21. The monoisotopic (exact) mass is 297 g/mol. The largest absolute Gasteiger partial charge is 0.481 e. The summed E-state index contributed by atoms with van der Waals surface area (Å²) in [6, 6.07) is 8.36. The molecule has 3 aromatic rings. The Hall–Kier alpha value is -2.63. The van der Waals surface area contributed by atoms with Gasteiger partial charge >= 0.3 is 0 Å². The second-order valence-electron chi connectivity index (χ2n) is 5.34. The number of nitrogens with one attached hydrogen (secondary N) is 1. The Balaban J connectivity index is 1.80. The number of fused-ring (bicyclic) bond motifs is 1. The predicted octanol–water partition coefficient (Wildman–Crippen LogP) is 3.03. The molecule has 0 aliphatic heterocycles. The van der Waals surface area contributed by atoms with Gasteiger partial charge < -0.3 is 14.6 Å². The van der Waals surface area contributed by atoms with Crippen LogP contribution < -0.4 is 10.1 Å². The molecule has 0 radical (unpaired) electrons. The Bertz CT molecular complexity index is 781. The molecule has 3 rings (SSSR count). The molecular formula is C16H19N5O. The van der Waals surface area contributed by atoms with Gasteiger partial charge in [0.1, 0.15) is 0 Å². The van der Waals surface area contributed by atoms with Gasteiger partial charge in [0.2, 0.25) is 11.8 Å². The molecule has 1 N–H and O–H groups in total. The second-order valence-corrected chi connectivity index (χ2v) is 5.34. The molecular weight excluding hydrogens is 278 g/mol. The first-order valence-corrected chi connectivity index (χ1v) is 7.24. The van der Waals surface area contributed by atoms with Crippen LogP contribution in [0.25, 0.3) is 11.0 Å². The maximum atomic E-state index is 5.09. The first kappa shape index (κ1) is 14.3. The molecule has 0 fully saturated rings. The van der Waals surface area contributed by atoms with Crippen molar-refractivity contribution in [3.8, 4) is 5.88 Å². The number of rotatable bonds is 5. The standard InChI is InChI=1S/C16H19N5O/c1-11(2)21-10-19-13-5-4-12(8-14(13)21)9-18-16-17-7-6-15(20-16)22-3/h4-8,10-11H,9H2,1-3H3,(H,17,18,20). The molecule has 0 saturated carbocycles. The third-order valence-electron chi connectivity index (χ3n) is 3.49. The van der Waals surface area contributed by atoms with E-state index in [9.17, 15) is 0 Å². The number of nitrogens with zero attached hydrogens (tertiary/aromatic N) is 4. The van der Waals surface area contributed by atoms with Gasteiger partial charge in [0, 0.05) is 24.8 Å². The van der Waals surface area contributed by atoms with Crippen molar-refractivity contribution < 1.29 is 4.74 Å². The van der Waals surface area contributed by atoms with Crippen LogP contribution in [0.3, 0.4) is 0 Å². The van der Waals surface area contributed by atoms with Crippen molar-refractivity contribution in [2.24, 2.45) is 0 Å². The zero-order valence-corrected chi connectivity index (χ0v) is 12.9. The van der Waals surface area contributed by atoms with Crippen molar-refractivity contribution in [2.75, 3.05) is 12.4 Å². The number of methoxy groups -OCH3 is 1. The molecule has 22 heavy (non-hydrogen) atoms. The summed E-state index contributed by atoms with van der Waals surface area (Å²) in [4.78, 5) is 12.8. The van der Waals surface area contributed by atoms with E-state index in [-0.39, 0.29) is 0 Å². The van der Waals surface area contributed by atoms with Gasteiger partial charge in [-0.15, -0.1) is 0 Å². The Morgan fingerprint density at radius 1 is 1.23 bits per heavy atom. The molecule has 2 aromatic heterocycles. The van der Waals surface area contributed by atoms with Crippen LogP contribution in [0.5, 0.6) is 5.88 Å². The lowest BCUT2D eigenvalue weighted by Gasteiger charge is -2.09. The molecule has 0 aliphatic rings. The van der Waals surface area contributed by atoms with Gasteiger partial charge in [-0.3, -0.25) is 0 Å². The summed E-state index contributed by atoms with van der Waals surface area (Å²) < 4.78 is 7.26. The van der Waals surface area contributed by atoms with Gasteiger partial charge in [-0.2, -0.15) is 4.98 Å². The minimum atomic E-state index is 0.384. The highest BCUT2D eigenvalue weighted by Crippen LogP contribution is 2.19. The Morgan fingerprint density at radius 3 is 2.86 bits per heavy atom. The topological polar surface area (TPSA) is 64.9 Å². The molecule has 2 heterocycles. The third kappa shape index (κ3) is 2.86. The number of aromatic nitrogens is 4. The second kappa shape index (κ2) is 6.01. The van der Waals surface area contributed by atoms with Crippen LogP contribution in [0.15, 0.2) is 36.8 Å². The highest BCUT2D eigenvalue weighted by Gasteiger charge is 2.07. The Labute approximate surface area is 129 Å². The molecule has 0 atom stereocenters. The van der Waals surface area contributed by atoms with Crippen LogP contribution in [0.2, 0.25) is 0 Å². The molecule has 0 unspecified atom stereocenters. The van der Waals surface area contributed by atoms with Gasteiger partial charge in [0.25, 0.3) is 0 Å². The van der Waals surface area contributed by atoms with Crippen LogP contribution in [-0.2, 0) is 6.54 Å². The van der Waals surface area contributed by atoms with Crippen LogP contribution in [-0.4, -0.2) is 26.6 Å². The van der Waals surface area contributed by atoms with E-state index in [1.807, 2.05) is 12.4 Å². The fourth-order valence-corrected chi connectivity index (χ4v) is 2.32. The minimum absolute atomic E-state index is 0.384. The smallest absolute Gasteiger partial charge is 0.226 e. The fraction of sp³-hybridized carbons (Fsp3) is 0.312. The lowest BCUT2D eigenvalue weighted by Crippen LogP contribution is -2.04. The quantitative estimate of drug-likeness (QED) is 0.784. The number of imidazole rings is 1. The van der Waals surface area contributed by atoms with Gasteiger partial charge in [-0.25, -0.2) is 9.97 Å². The zero-order chi connectivity index (χ0) is 15.5. The Morgan fingerprint density at radius 2 is 2.09 bits per heavy atom. The first-order chi connectivity index (χ1) is 10.7. The van der Waals surface area contributed by atoms with Crippen LogP contribution in [0, 0.1) is 0 Å². The van der Waals surface area contributed by atoms with E-state index >= 15 is 0 Å². The van der Waals surface area contributed by atoms with Gasteiger partial charge in [-0.05, 0) is 31.5 Å². The Kier molecular flexibility index (Phi) is 3.91. The van der Waals surface area contributed by atoms with E-state index in [1.165, 1.54) is 0 Å². The molecule has 0 spiro atoms. The van der Waals surface area contributed by atoms with Crippen molar-refractivity contribution in [2.45, 2.75) is 26.4 Å². The molecule has 0 amide bonds. The maximum Gasteiger partial charge on any atom is 0.226 e. The van der Waals surface area contributed by atoms with Crippen molar-refractivity contribution >= 4 is 17.0 Å². The van der Waals surface area contributed by atoms with Crippen molar-refractivity contribution in [1.29, 1.82) is 0 Å². The van der Waals surface area contributed by atoms with Crippen molar-refractivity contribution in [1.82, 2.24) is 19.5 Å². The lowest BCUT2D eigenvalue weighted by atomic mass is 10.2. The number of benzene rings is 1. The normalized spacial score (nSPS) is 11.1. The number of ether oxygens (including phenoxy) is 1. The molecule has 0 saturated heterocycles. The summed E-state index contributed by atoms with van der Waals surface area (Å²) >= 11 is 0. The predicted molar refractivity (Wildman–Crippen MR) is 86.0 cm³/mol. The van der Waals surface area contributed by atoms with E-state index in [2.05, 4.69) is 50.8 Å². The lowest BCUT2D eigenvalue weighted by molar-refractivity contribution is 0.397. The molecule has 6 nitrogen and oxygen atoms in total. The van der Waals surface area contributed by atoms with Crippen LogP contribution in [0.1, 0.15) is 25.5 Å². The molecule has 0 aliphatic carbocycles. The SMILES string of the molecule is COc1ccnc(NCc2ccc3ncn(C(C)C)c3c2)n1. The highest BCUT2D eigenvalue weighted by molar-refractivity contribution is 5.76. The summed E-state index contributed by atoms with van der Waals surface area (Å²) in [7, 11) is 1.59. The van der Waals surface area contributed by atoms with E-state index in [0.717, 1.165) is 16.6 Å². The third-order valence-corrected chi connectivity index (χ3v) is 3.49. The first-order valence-electron chi connectivity index (χ1n) is 7.24. The molecule has 0 bridgehead atoms. The van der Waals surface area contributed by atoms with E-state index in [4.69, 9.17) is 4.74 Å². The fourth-order valence-electron chi connectivity index (χ4n) is 2.32. The van der Waals surface area contributed by atoms with E-state index in [0.29, 0.717) is 24.4 Å². The van der Waals surface area contributed by atoms with E-state index < -0.39 is 0 Å². The van der Waals surface area contributed by atoms with Gasteiger partial charge in [-0.1, -0.05) is 6.07 Å². The van der Waals surface area contributed by atoms with Crippen LogP contribution >= 0.6 is 0 Å². The molecule has 6 heteroatoms. The summed E-state index contributed by atoms with van der Waals surface area (Å²) in [6.07, 6.45) is 3.56. The van der Waals surface area contributed by atoms with Crippen molar-refractivity contribution in [3.63, 3.8) is 0 Å². The highest BCUT2D eigenvalue weighted by atomic mass is 16.5. The van der Waals surface area contributed by atoms with Gasteiger partial charge in [0.05, 0.1) is 24.5 Å². The minimum Gasteiger partial charge on any atom is -0.481 e. The average molecular weight is 297 g/mol. The zero-order valence-electron chi connectivity index (χ0n) is 12.9. The summed E-state index contributed by atoms with van der Waals surface area (Å²) in [5.41, 5.74) is 3.30. The molecule has 114 valence electrons. The van der Waals surface area contributed by atoms with Crippen LogP contribution in [0.4, 0.5) is 5.95 Å². The summed E-state index contributed by atoms with van der Waals surface area (Å²) in [5.74, 6) is 1.10.